The molecule has 1 aliphatic carbocycles. The van der Waals surface area contributed by atoms with Crippen LogP contribution in [0.3, 0.4) is 0 Å². The third kappa shape index (κ3) is 7.92. The molecule has 3 atom stereocenters. The van der Waals surface area contributed by atoms with Crippen LogP contribution in [0.1, 0.15) is 100 Å². The molecular weight excluding hydrogens is 512 g/mol. The second-order valence-electron chi connectivity index (χ2n) is 13.3. The van der Waals surface area contributed by atoms with E-state index in [1.807, 2.05) is 12.1 Å². The number of fused-ring (bicyclic) bond motifs is 3. The zero-order chi connectivity index (χ0) is 29.0. The first-order chi connectivity index (χ1) is 20.6. The lowest BCUT2D eigenvalue weighted by Gasteiger charge is -2.39. The molecule has 1 saturated carbocycles. The Morgan fingerprint density at radius 1 is 0.643 bits per heavy atom. The van der Waals surface area contributed by atoms with Gasteiger partial charge >= 0.3 is 0 Å². The van der Waals surface area contributed by atoms with Crippen molar-refractivity contribution in [2.75, 3.05) is 13.1 Å². The molecule has 42 heavy (non-hydrogen) atoms. The molecule has 1 amide bonds. The summed E-state index contributed by atoms with van der Waals surface area (Å²) < 4.78 is 0. The van der Waals surface area contributed by atoms with Crippen molar-refractivity contribution in [3.05, 3.63) is 108 Å². The second-order valence-corrected chi connectivity index (χ2v) is 13.3. The molecule has 3 unspecified atom stereocenters. The highest BCUT2D eigenvalue weighted by Gasteiger charge is 2.44. The zero-order valence-electron chi connectivity index (χ0n) is 25.6. The Bertz CT molecular complexity index is 1160. The fourth-order valence-electron chi connectivity index (χ4n) is 8.03. The number of carbonyl (C=O) groups is 1. The summed E-state index contributed by atoms with van der Waals surface area (Å²) in [7, 11) is 0. The molecule has 3 aromatic carbocycles. The average Bonchev–Trinajstić information content (AvgIpc) is 3.22. The Labute approximate surface area is 254 Å². The second kappa shape index (κ2) is 15.5. The summed E-state index contributed by atoms with van der Waals surface area (Å²) >= 11 is 0. The van der Waals surface area contributed by atoms with Crippen LogP contribution >= 0.6 is 0 Å². The topological polar surface area (TPSA) is 46.3 Å². The van der Waals surface area contributed by atoms with Crippen molar-refractivity contribution in [3.8, 4) is 0 Å². The summed E-state index contributed by atoms with van der Waals surface area (Å²) in [5, 5.41) is 0. The molecule has 2 bridgehead atoms. The van der Waals surface area contributed by atoms with Crippen molar-refractivity contribution < 1.29 is 4.79 Å². The van der Waals surface area contributed by atoms with E-state index in [9.17, 15) is 4.79 Å². The van der Waals surface area contributed by atoms with E-state index in [-0.39, 0.29) is 5.91 Å². The maximum atomic E-state index is 13.8. The van der Waals surface area contributed by atoms with Crippen molar-refractivity contribution in [3.63, 3.8) is 0 Å². The Hall–Kier alpha value is -2.91. The zero-order valence-corrected chi connectivity index (χ0v) is 25.6. The lowest BCUT2D eigenvalue weighted by molar-refractivity contribution is -0.123. The van der Waals surface area contributed by atoms with Crippen molar-refractivity contribution in [1.29, 1.82) is 0 Å². The predicted octanol–water partition coefficient (Wildman–Crippen LogP) is 8.91. The van der Waals surface area contributed by atoms with E-state index in [2.05, 4.69) is 83.8 Å². The molecule has 224 valence electrons. The molecule has 3 nitrogen and oxygen atoms in total. The van der Waals surface area contributed by atoms with Gasteiger partial charge in [-0.25, -0.2) is 0 Å². The van der Waals surface area contributed by atoms with Gasteiger partial charge in [0, 0.05) is 19.6 Å². The fourth-order valence-corrected chi connectivity index (χ4v) is 8.03. The number of primary amides is 1. The molecule has 0 aromatic heterocycles. The maximum Gasteiger partial charge on any atom is 0.232 e. The maximum absolute atomic E-state index is 13.8. The Morgan fingerprint density at radius 3 is 1.74 bits per heavy atom. The number of nitrogens with zero attached hydrogens (tertiary/aromatic N) is 1. The quantitative estimate of drug-likeness (QED) is 0.311. The number of nitrogens with two attached hydrogens (primary N) is 1. The largest absolute Gasteiger partial charge is 0.369 e. The number of hydrogen-bond donors (Lipinski definition) is 1. The summed E-state index contributed by atoms with van der Waals surface area (Å²) in [6, 6.07) is 31.8. The van der Waals surface area contributed by atoms with Gasteiger partial charge in [0.05, 0.1) is 5.41 Å². The first kappa shape index (κ1) is 30.5. The minimum absolute atomic E-state index is 0.219. The molecule has 0 radical (unpaired) electrons. The van der Waals surface area contributed by atoms with Crippen LogP contribution in [0.2, 0.25) is 0 Å². The first-order valence-electron chi connectivity index (χ1n) is 16.8. The van der Waals surface area contributed by atoms with Crippen molar-refractivity contribution in [2.24, 2.45) is 23.5 Å². The van der Waals surface area contributed by atoms with Gasteiger partial charge in [-0.1, -0.05) is 149 Å². The van der Waals surface area contributed by atoms with Crippen LogP contribution in [0, 0.1) is 17.8 Å². The minimum atomic E-state index is -0.827. The molecule has 1 saturated heterocycles. The first-order valence-corrected chi connectivity index (χ1v) is 16.8. The van der Waals surface area contributed by atoms with Crippen LogP contribution in [-0.4, -0.2) is 23.9 Å². The van der Waals surface area contributed by atoms with Gasteiger partial charge in [0.15, 0.2) is 0 Å². The molecule has 0 spiro atoms. The van der Waals surface area contributed by atoms with Crippen LogP contribution in [0.25, 0.3) is 0 Å². The number of rotatable bonds is 7. The Balaban J connectivity index is 1.50. The molecule has 2 N–H and O–H groups in total. The van der Waals surface area contributed by atoms with Gasteiger partial charge in [0.1, 0.15) is 0 Å². The van der Waals surface area contributed by atoms with E-state index in [1.54, 1.807) is 0 Å². The molecule has 2 fully saturated rings. The van der Waals surface area contributed by atoms with Crippen LogP contribution in [-0.2, 0) is 16.8 Å². The van der Waals surface area contributed by atoms with E-state index in [4.69, 9.17) is 5.73 Å². The highest BCUT2D eigenvalue weighted by atomic mass is 16.1. The van der Waals surface area contributed by atoms with Gasteiger partial charge in [-0.2, -0.15) is 0 Å². The summed E-state index contributed by atoms with van der Waals surface area (Å²) in [6.07, 6.45) is 16.6. The number of hydrogen-bond acceptors (Lipinski definition) is 2. The highest BCUT2D eigenvalue weighted by molar-refractivity contribution is 5.90. The van der Waals surface area contributed by atoms with Crippen LogP contribution in [0.4, 0.5) is 0 Å². The van der Waals surface area contributed by atoms with Crippen LogP contribution in [0.5, 0.6) is 0 Å². The highest BCUT2D eigenvalue weighted by Crippen LogP contribution is 2.44. The third-order valence-corrected chi connectivity index (χ3v) is 10.3. The Kier molecular flexibility index (Phi) is 11.3. The lowest BCUT2D eigenvalue weighted by atomic mass is 9.65. The number of benzene rings is 3. The number of carbonyl (C=O) groups excluding carboxylic acids is 1. The summed E-state index contributed by atoms with van der Waals surface area (Å²) in [4.78, 5) is 16.5. The van der Waals surface area contributed by atoms with Gasteiger partial charge in [-0.3, -0.25) is 9.69 Å². The van der Waals surface area contributed by atoms with Crippen molar-refractivity contribution >= 4 is 5.91 Å². The third-order valence-electron chi connectivity index (χ3n) is 10.3. The average molecular weight is 565 g/mol. The summed E-state index contributed by atoms with van der Waals surface area (Å²) in [5.41, 5.74) is 9.13. The number of amides is 1. The molecular formula is C39H52N2O. The van der Waals surface area contributed by atoms with E-state index >= 15 is 0 Å². The molecule has 1 heterocycles. The molecule has 1 aliphatic heterocycles. The van der Waals surface area contributed by atoms with Crippen LogP contribution < -0.4 is 5.73 Å². The lowest BCUT2D eigenvalue weighted by Crippen LogP contribution is -2.45. The minimum Gasteiger partial charge on any atom is -0.369 e. The molecule has 3 aromatic rings. The number of likely N-dealkylation sites (tertiary alicyclic amines) is 1. The molecule has 2 aliphatic rings. The summed E-state index contributed by atoms with van der Waals surface area (Å²) in [5.74, 6) is 1.52. The van der Waals surface area contributed by atoms with E-state index in [0.29, 0.717) is 11.8 Å². The van der Waals surface area contributed by atoms with Gasteiger partial charge in [0.25, 0.3) is 0 Å². The van der Waals surface area contributed by atoms with Crippen LogP contribution in [0.15, 0.2) is 91.0 Å². The van der Waals surface area contributed by atoms with E-state index in [1.165, 1.54) is 89.2 Å². The molecule has 3 heteroatoms. The standard InChI is InChI=1S/C39H52N2O/c40-38(42)39(36-22-14-8-15-23-36,37-24-16-9-17-25-37)28-34-21-13-6-4-2-1-3-5-10-20-33-26-27-35(34)31-41(30-33)29-32-18-11-7-12-19-32/h7-9,11-12,14-19,22-25,33-35H,1-6,10,13,20-21,26-31H2,(H2,40,42). The van der Waals surface area contributed by atoms with Gasteiger partial charge in [-0.15, -0.1) is 0 Å². The van der Waals surface area contributed by atoms with Gasteiger partial charge in [-0.05, 0) is 60.1 Å². The fraction of sp³-hybridized carbons (Fsp3) is 0.513. The van der Waals surface area contributed by atoms with Crippen molar-refractivity contribution in [2.45, 2.75) is 95.4 Å². The van der Waals surface area contributed by atoms with E-state index in [0.717, 1.165) is 36.6 Å². The summed E-state index contributed by atoms with van der Waals surface area (Å²) in [6.45, 7) is 3.31. The predicted molar refractivity (Wildman–Crippen MR) is 175 cm³/mol. The van der Waals surface area contributed by atoms with Gasteiger partial charge < -0.3 is 5.73 Å². The monoisotopic (exact) mass is 564 g/mol. The van der Waals surface area contributed by atoms with E-state index < -0.39 is 5.41 Å². The molecule has 5 rings (SSSR count). The smallest absolute Gasteiger partial charge is 0.232 e. The SMILES string of the molecule is NC(=O)C(CC1CCCCCCCCCCC2CCC1CN(Cc1ccccc1)C2)(c1ccccc1)c1ccccc1. The van der Waals surface area contributed by atoms with Gasteiger partial charge in [0.2, 0.25) is 5.91 Å². The normalized spacial score (nSPS) is 23.4. The van der Waals surface area contributed by atoms with Crippen molar-refractivity contribution in [1.82, 2.24) is 4.90 Å². The Morgan fingerprint density at radius 2 is 1.17 bits per heavy atom.